The molecule has 30 heavy (non-hydrogen) atoms. The number of ether oxygens (including phenoxy) is 2. The predicted molar refractivity (Wildman–Crippen MR) is 91.7 cm³/mol. The van der Waals surface area contributed by atoms with Gasteiger partial charge in [0.1, 0.15) is 0 Å². The summed E-state index contributed by atoms with van der Waals surface area (Å²) in [6.45, 7) is 0. The Morgan fingerprint density at radius 1 is 0.900 bits per heavy atom. The summed E-state index contributed by atoms with van der Waals surface area (Å²) in [6, 6.07) is 8.67. The molecule has 0 bridgehead atoms. The van der Waals surface area contributed by atoms with Crippen molar-refractivity contribution in [2.45, 2.75) is 18.5 Å². The molecule has 4 nitrogen and oxygen atoms in total. The fourth-order valence-electron chi connectivity index (χ4n) is 2.75. The van der Waals surface area contributed by atoms with Gasteiger partial charge in [-0.05, 0) is 29.3 Å². The Hall–Kier alpha value is -3.24. The summed E-state index contributed by atoms with van der Waals surface area (Å²) in [4.78, 5) is 11.9. The topological polar surface area (TPSA) is 40.5 Å². The maximum Gasteiger partial charge on any atom is 0.434 e. The highest BCUT2D eigenvalue weighted by atomic mass is 19.4. The average Bonchev–Trinajstić information content (AvgIpc) is 3.07. The number of aromatic nitrogens is 1. The molecule has 0 saturated heterocycles. The van der Waals surface area contributed by atoms with Crippen LogP contribution < -0.4 is 4.74 Å². The van der Waals surface area contributed by atoms with Crippen molar-refractivity contribution in [1.82, 2.24) is 4.57 Å². The van der Waals surface area contributed by atoms with E-state index in [0.717, 1.165) is 12.4 Å². The summed E-state index contributed by atoms with van der Waals surface area (Å²) in [7, 11) is 1.30. The van der Waals surface area contributed by atoms with Crippen LogP contribution in [0.3, 0.4) is 0 Å². The monoisotopic (exact) mass is 435 g/mol. The minimum absolute atomic E-state index is 0.0256. The van der Waals surface area contributed by atoms with Crippen LogP contribution in [-0.2, 0) is 4.74 Å². The standard InChI is InChI=1S/C19H12F7NO3/c1-29-15-5-4-11(7-14(15)20)10-2-3-12-8-27(9-13(12)6-10)17(28)30-16(18(21,22)23)19(24,25)26/h2-9,16H,1H3. The smallest absolute Gasteiger partial charge is 0.434 e. The van der Waals surface area contributed by atoms with Gasteiger partial charge < -0.3 is 9.47 Å². The highest BCUT2D eigenvalue weighted by molar-refractivity contribution is 5.90. The van der Waals surface area contributed by atoms with Crippen LogP contribution >= 0.6 is 0 Å². The third-order valence-electron chi connectivity index (χ3n) is 4.15. The molecule has 0 atom stereocenters. The molecule has 1 aromatic heterocycles. The lowest BCUT2D eigenvalue weighted by molar-refractivity contribution is -0.306. The summed E-state index contributed by atoms with van der Waals surface area (Å²) in [5.41, 5.74) is 0.943. The Labute approximate surface area is 164 Å². The first kappa shape index (κ1) is 21.5. The maximum absolute atomic E-state index is 13.9. The van der Waals surface area contributed by atoms with Crippen molar-refractivity contribution in [3.05, 3.63) is 54.6 Å². The van der Waals surface area contributed by atoms with E-state index in [4.69, 9.17) is 4.74 Å². The molecule has 0 aliphatic carbocycles. The number of halogens is 7. The van der Waals surface area contributed by atoms with Crippen LogP contribution in [-0.4, -0.2) is 36.2 Å². The van der Waals surface area contributed by atoms with E-state index in [2.05, 4.69) is 4.74 Å². The van der Waals surface area contributed by atoms with E-state index < -0.39 is 30.4 Å². The van der Waals surface area contributed by atoms with Crippen LogP contribution in [0.25, 0.3) is 21.9 Å². The molecule has 0 fully saturated rings. The summed E-state index contributed by atoms with van der Waals surface area (Å²) in [6.07, 6.45) is -15.7. The van der Waals surface area contributed by atoms with Gasteiger partial charge in [0.15, 0.2) is 11.6 Å². The molecule has 3 aromatic rings. The number of methoxy groups -OCH3 is 1. The molecule has 160 valence electrons. The summed E-state index contributed by atoms with van der Waals surface area (Å²) >= 11 is 0. The zero-order valence-electron chi connectivity index (χ0n) is 15.0. The van der Waals surface area contributed by atoms with Crippen LogP contribution in [0, 0.1) is 5.82 Å². The predicted octanol–water partition coefficient (Wildman–Crippen LogP) is 5.93. The fraction of sp³-hybridized carbons (Fsp3) is 0.211. The number of fused-ring (bicyclic) bond motifs is 1. The van der Waals surface area contributed by atoms with Gasteiger partial charge in [0, 0.05) is 23.2 Å². The molecule has 0 spiro atoms. The Kier molecular flexibility index (Phi) is 5.40. The second-order valence-electron chi connectivity index (χ2n) is 6.21. The van der Waals surface area contributed by atoms with Gasteiger partial charge in [0.2, 0.25) is 0 Å². The van der Waals surface area contributed by atoms with Gasteiger partial charge in [0.05, 0.1) is 7.11 Å². The number of hydrogen-bond acceptors (Lipinski definition) is 3. The number of nitrogens with zero attached hydrogens (tertiary/aromatic N) is 1. The molecule has 2 aromatic carbocycles. The molecular formula is C19H12F7NO3. The van der Waals surface area contributed by atoms with E-state index in [-0.39, 0.29) is 5.75 Å². The Balaban J connectivity index is 1.90. The van der Waals surface area contributed by atoms with Crippen molar-refractivity contribution >= 4 is 16.9 Å². The second-order valence-corrected chi connectivity index (χ2v) is 6.21. The normalized spacial score (nSPS) is 12.4. The zero-order valence-corrected chi connectivity index (χ0v) is 15.0. The first-order valence-electron chi connectivity index (χ1n) is 8.20. The molecule has 1 heterocycles. The van der Waals surface area contributed by atoms with E-state index >= 15 is 0 Å². The lowest BCUT2D eigenvalue weighted by atomic mass is 10.0. The van der Waals surface area contributed by atoms with E-state index in [9.17, 15) is 35.5 Å². The number of carbonyl (C=O) groups is 1. The molecule has 11 heteroatoms. The molecule has 0 amide bonds. The number of alkyl halides is 6. The van der Waals surface area contributed by atoms with Crippen molar-refractivity contribution < 1.29 is 45.0 Å². The van der Waals surface area contributed by atoms with Gasteiger partial charge in [-0.25, -0.2) is 9.18 Å². The van der Waals surface area contributed by atoms with Crippen molar-refractivity contribution in [3.8, 4) is 16.9 Å². The third kappa shape index (κ3) is 4.34. The first-order chi connectivity index (χ1) is 13.9. The third-order valence-corrected chi connectivity index (χ3v) is 4.15. The summed E-state index contributed by atoms with van der Waals surface area (Å²) in [5, 5.41) is 0.663. The number of hydrogen-bond donors (Lipinski definition) is 0. The van der Waals surface area contributed by atoms with Crippen molar-refractivity contribution in [2.24, 2.45) is 0 Å². The van der Waals surface area contributed by atoms with Crippen molar-refractivity contribution in [2.75, 3.05) is 7.11 Å². The molecule has 0 aliphatic rings. The molecule has 0 unspecified atom stereocenters. The molecule has 0 N–H and O–H groups in total. The van der Waals surface area contributed by atoms with Crippen molar-refractivity contribution in [1.29, 1.82) is 0 Å². The molecule has 0 radical (unpaired) electrons. The van der Waals surface area contributed by atoms with Gasteiger partial charge in [-0.3, -0.25) is 4.57 Å². The molecule has 3 rings (SSSR count). The SMILES string of the molecule is COc1ccc(-c2ccc3cn(C(=O)OC(C(F)(F)F)C(F)(F)F)cc3c2)cc1F. The molecular weight excluding hydrogens is 423 g/mol. The summed E-state index contributed by atoms with van der Waals surface area (Å²) < 4.78 is 98.3. The number of carbonyl (C=O) groups excluding carboxylic acids is 1. The lowest BCUT2D eigenvalue weighted by Crippen LogP contribution is -2.46. The number of benzene rings is 2. The lowest BCUT2D eigenvalue weighted by Gasteiger charge is -2.22. The quantitative estimate of drug-likeness (QED) is 0.479. The highest BCUT2D eigenvalue weighted by Gasteiger charge is 2.60. The van der Waals surface area contributed by atoms with Gasteiger partial charge in [-0.15, -0.1) is 0 Å². The van der Waals surface area contributed by atoms with Gasteiger partial charge in [-0.2, -0.15) is 26.3 Å². The Bertz CT molecular complexity index is 1070. The largest absolute Gasteiger partial charge is 0.494 e. The molecule has 0 aliphatic heterocycles. The Morgan fingerprint density at radius 2 is 1.47 bits per heavy atom. The molecule has 0 saturated carbocycles. The van der Waals surface area contributed by atoms with Crippen molar-refractivity contribution in [3.63, 3.8) is 0 Å². The van der Waals surface area contributed by atoms with Crippen LogP contribution in [0.1, 0.15) is 0 Å². The van der Waals surface area contributed by atoms with Gasteiger partial charge >= 0.3 is 18.4 Å². The fourth-order valence-corrected chi connectivity index (χ4v) is 2.75. The Morgan fingerprint density at radius 3 is 2.03 bits per heavy atom. The van der Waals surface area contributed by atoms with Crippen LogP contribution in [0.2, 0.25) is 0 Å². The minimum Gasteiger partial charge on any atom is -0.494 e. The van der Waals surface area contributed by atoms with Crippen LogP contribution in [0.4, 0.5) is 35.5 Å². The van der Waals surface area contributed by atoms with Crippen LogP contribution in [0.15, 0.2) is 48.8 Å². The first-order valence-corrected chi connectivity index (χ1v) is 8.20. The zero-order chi connectivity index (χ0) is 22.3. The van der Waals surface area contributed by atoms with Crippen LogP contribution in [0.5, 0.6) is 5.75 Å². The maximum atomic E-state index is 13.9. The minimum atomic E-state index is -5.81. The average molecular weight is 435 g/mol. The van der Waals surface area contributed by atoms with E-state index in [0.29, 0.717) is 26.5 Å². The van der Waals surface area contributed by atoms with Gasteiger partial charge in [-0.1, -0.05) is 18.2 Å². The van der Waals surface area contributed by atoms with E-state index in [1.165, 1.54) is 31.4 Å². The highest BCUT2D eigenvalue weighted by Crippen LogP contribution is 2.36. The second kappa shape index (κ2) is 7.54. The number of rotatable bonds is 3. The summed E-state index contributed by atoms with van der Waals surface area (Å²) in [5.74, 6) is -0.598. The van der Waals surface area contributed by atoms with E-state index in [1.807, 2.05) is 0 Å². The van der Waals surface area contributed by atoms with E-state index in [1.54, 1.807) is 12.1 Å². The van der Waals surface area contributed by atoms with Gasteiger partial charge in [0.25, 0.3) is 6.10 Å².